The number of benzene rings is 1. The van der Waals surface area contributed by atoms with Crippen LogP contribution in [-0.2, 0) is 19.2 Å². The first-order chi connectivity index (χ1) is 12.0. The zero-order valence-corrected chi connectivity index (χ0v) is 14.2. The number of hydrogen-bond donors (Lipinski definition) is 1. The number of nitrogens with zero attached hydrogens (tertiary/aromatic N) is 2. The molecule has 4 amide bonds. The highest BCUT2D eigenvalue weighted by atomic mass is 16.2. The number of anilines is 1. The third-order valence-corrected chi connectivity index (χ3v) is 4.63. The lowest BCUT2D eigenvalue weighted by Gasteiger charge is -2.17. The second kappa shape index (κ2) is 7.04. The van der Waals surface area contributed by atoms with Crippen LogP contribution in [0.15, 0.2) is 24.3 Å². The van der Waals surface area contributed by atoms with Gasteiger partial charge in [-0.25, -0.2) is 0 Å². The van der Waals surface area contributed by atoms with Crippen molar-refractivity contribution in [2.45, 2.75) is 26.2 Å². The highest BCUT2D eigenvalue weighted by Crippen LogP contribution is 2.25. The fourth-order valence-corrected chi connectivity index (χ4v) is 3.16. The van der Waals surface area contributed by atoms with Crippen LogP contribution in [0.3, 0.4) is 0 Å². The molecule has 2 saturated heterocycles. The Morgan fingerprint density at radius 3 is 2.36 bits per heavy atom. The van der Waals surface area contributed by atoms with E-state index in [-0.39, 0.29) is 56.0 Å². The smallest absolute Gasteiger partial charge is 0.229 e. The van der Waals surface area contributed by atoms with Crippen molar-refractivity contribution in [3.63, 3.8) is 0 Å². The molecule has 0 bridgehead atoms. The summed E-state index contributed by atoms with van der Waals surface area (Å²) < 4.78 is 0. The number of hydrogen-bond acceptors (Lipinski definition) is 4. The molecule has 132 valence electrons. The lowest BCUT2D eigenvalue weighted by atomic mass is 10.1. The van der Waals surface area contributed by atoms with Gasteiger partial charge in [0.1, 0.15) is 0 Å². The first-order valence-corrected chi connectivity index (χ1v) is 8.43. The Morgan fingerprint density at radius 2 is 1.72 bits per heavy atom. The van der Waals surface area contributed by atoms with Crippen LogP contribution in [0.25, 0.3) is 0 Å². The van der Waals surface area contributed by atoms with Crippen molar-refractivity contribution in [3.05, 3.63) is 29.8 Å². The van der Waals surface area contributed by atoms with Gasteiger partial charge in [-0.2, -0.15) is 0 Å². The van der Waals surface area contributed by atoms with Gasteiger partial charge in [0.15, 0.2) is 0 Å². The fraction of sp³-hybridized carbons (Fsp3) is 0.444. The number of nitrogens with one attached hydrogen (secondary N) is 1. The molecule has 7 heteroatoms. The SMILES string of the molecule is Cc1ccc(N2C[C@@H](C(=O)NCCN3C(=O)CCC3=O)CC2=O)cc1. The Hall–Kier alpha value is -2.70. The maximum atomic E-state index is 12.3. The molecule has 1 N–H and O–H groups in total. The standard InChI is InChI=1S/C18H21N3O4/c1-12-2-4-14(5-3-12)21-11-13(10-17(21)24)18(25)19-8-9-20-15(22)6-7-16(20)23/h2-5,13H,6-11H2,1H3,(H,19,25)/t13-/m0/s1. The molecule has 2 heterocycles. The molecule has 1 atom stereocenters. The van der Waals surface area contributed by atoms with Crippen LogP contribution in [0.5, 0.6) is 0 Å². The van der Waals surface area contributed by atoms with Crippen LogP contribution in [-0.4, -0.2) is 48.2 Å². The van der Waals surface area contributed by atoms with E-state index in [1.165, 1.54) is 4.90 Å². The summed E-state index contributed by atoms with van der Waals surface area (Å²) in [6, 6.07) is 7.61. The van der Waals surface area contributed by atoms with E-state index in [1.54, 1.807) is 4.90 Å². The first-order valence-electron chi connectivity index (χ1n) is 8.43. The van der Waals surface area contributed by atoms with Crippen LogP contribution in [0.2, 0.25) is 0 Å². The second-order valence-corrected chi connectivity index (χ2v) is 6.47. The van der Waals surface area contributed by atoms with E-state index in [1.807, 2.05) is 31.2 Å². The number of carbonyl (C=O) groups is 4. The molecule has 2 fully saturated rings. The second-order valence-electron chi connectivity index (χ2n) is 6.47. The molecule has 2 aliphatic heterocycles. The highest BCUT2D eigenvalue weighted by molar-refractivity contribution is 6.02. The molecule has 3 rings (SSSR count). The summed E-state index contributed by atoms with van der Waals surface area (Å²) in [5.41, 5.74) is 1.90. The van der Waals surface area contributed by atoms with E-state index in [9.17, 15) is 19.2 Å². The molecular formula is C18H21N3O4. The van der Waals surface area contributed by atoms with E-state index in [4.69, 9.17) is 0 Å². The number of aryl methyl sites for hydroxylation is 1. The van der Waals surface area contributed by atoms with Crippen molar-refractivity contribution in [3.8, 4) is 0 Å². The van der Waals surface area contributed by atoms with Gasteiger partial charge in [0.05, 0.1) is 5.92 Å². The molecule has 25 heavy (non-hydrogen) atoms. The molecule has 0 aliphatic carbocycles. The maximum absolute atomic E-state index is 12.3. The number of amides is 4. The van der Waals surface area contributed by atoms with E-state index in [0.29, 0.717) is 6.54 Å². The van der Waals surface area contributed by atoms with Crippen molar-refractivity contribution in [1.29, 1.82) is 0 Å². The van der Waals surface area contributed by atoms with Crippen molar-refractivity contribution in [1.82, 2.24) is 10.2 Å². The van der Waals surface area contributed by atoms with Crippen LogP contribution >= 0.6 is 0 Å². The van der Waals surface area contributed by atoms with Crippen molar-refractivity contribution < 1.29 is 19.2 Å². The van der Waals surface area contributed by atoms with Gasteiger partial charge >= 0.3 is 0 Å². The summed E-state index contributed by atoms with van der Waals surface area (Å²) in [4.78, 5) is 50.3. The summed E-state index contributed by atoms with van der Waals surface area (Å²) in [5.74, 6) is -1.10. The molecule has 1 aromatic carbocycles. The summed E-state index contributed by atoms with van der Waals surface area (Å²) in [6.45, 7) is 2.72. The largest absolute Gasteiger partial charge is 0.354 e. The molecule has 0 unspecified atom stereocenters. The monoisotopic (exact) mass is 343 g/mol. The summed E-state index contributed by atoms with van der Waals surface area (Å²) in [7, 11) is 0. The Morgan fingerprint density at radius 1 is 1.08 bits per heavy atom. The van der Waals surface area contributed by atoms with Gasteiger partial charge in [0, 0.05) is 44.6 Å². The summed E-state index contributed by atoms with van der Waals surface area (Å²) in [5, 5.41) is 2.73. The Labute approximate surface area is 146 Å². The topological polar surface area (TPSA) is 86.8 Å². The average Bonchev–Trinajstić information content (AvgIpc) is 3.12. The minimum atomic E-state index is -0.418. The third kappa shape index (κ3) is 3.70. The fourth-order valence-electron chi connectivity index (χ4n) is 3.16. The average molecular weight is 343 g/mol. The van der Waals surface area contributed by atoms with Crippen molar-refractivity contribution in [2.75, 3.05) is 24.5 Å². The predicted octanol–water partition coefficient (Wildman–Crippen LogP) is 0.613. The van der Waals surface area contributed by atoms with E-state index >= 15 is 0 Å². The van der Waals surface area contributed by atoms with E-state index in [2.05, 4.69) is 5.32 Å². The van der Waals surface area contributed by atoms with Gasteiger partial charge in [-0.3, -0.25) is 24.1 Å². The molecule has 2 aliphatic rings. The summed E-state index contributed by atoms with van der Waals surface area (Å²) in [6.07, 6.45) is 0.659. The van der Waals surface area contributed by atoms with Gasteiger partial charge in [0.25, 0.3) is 0 Å². The van der Waals surface area contributed by atoms with Gasteiger partial charge in [0.2, 0.25) is 23.6 Å². The van der Waals surface area contributed by atoms with Gasteiger partial charge in [-0.1, -0.05) is 17.7 Å². The van der Waals surface area contributed by atoms with Crippen molar-refractivity contribution in [2.24, 2.45) is 5.92 Å². The van der Waals surface area contributed by atoms with Gasteiger partial charge in [-0.05, 0) is 19.1 Å². The third-order valence-electron chi connectivity index (χ3n) is 4.63. The lowest BCUT2D eigenvalue weighted by Crippen LogP contribution is -2.40. The quantitative estimate of drug-likeness (QED) is 0.794. The zero-order chi connectivity index (χ0) is 18.0. The highest BCUT2D eigenvalue weighted by Gasteiger charge is 2.35. The molecule has 0 radical (unpaired) electrons. The van der Waals surface area contributed by atoms with Crippen LogP contribution in [0.1, 0.15) is 24.8 Å². The Balaban J connectivity index is 1.51. The number of rotatable bonds is 5. The predicted molar refractivity (Wildman–Crippen MR) is 90.6 cm³/mol. The molecule has 0 saturated carbocycles. The van der Waals surface area contributed by atoms with E-state index < -0.39 is 5.92 Å². The summed E-state index contributed by atoms with van der Waals surface area (Å²) >= 11 is 0. The van der Waals surface area contributed by atoms with Gasteiger partial charge < -0.3 is 10.2 Å². The molecule has 1 aromatic rings. The van der Waals surface area contributed by atoms with Crippen molar-refractivity contribution >= 4 is 29.3 Å². The number of imide groups is 1. The maximum Gasteiger partial charge on any atom is 0.229 e. The Kier molecular flexibility index (Phi) is 4.83. The number of carbonyl (C=O) groups excluding carboxylic acids is 4. The Bertz CT molecular complexity index is 698. The minimum Gasteiger partial charge on any atom is -0.354 e. The first kappa shape index (κ1) is 17.1. The zero-order valence-electron chi connectivity index (χ0n) is 14.2. The van der Waals surface area contributed by atoms with Gasteiger partial charge in [-0.15, -0.1) is 0 Å². The normalized spacial score (nSPS) is 20.5. The number of likely N-dealkylation sites (tertiary alicyclic amines) is 1. The lowest BCUT2D eigenvalue weighted by molar-refractivity contribution is -0.138. The molecule has 7 nitrogen and oxygen atoms in total. The molecule has 0 spiro atoms. The van der Waals surface area contributed by atoms with Crippen LogP contribution in [0.4, 0.5) is 5.69 Å². The molecular weight excluding hydrogens is 322 g/mol. The van der Waals surface area contributed by atoms with Crippen LogP contribution in [0, 0.1) is 12.8 Å². The molecule has 0 aromatic heterocycles. The minimum absolute atomic E-state index is 0.0751. The van der Waals surface area contributed by atoms with E-state index in [0.717, 1.165) is 11.3 Å². The van der Waals surface area contributed by atoms with Crippen LogP contribution < -0.4 is 10.2 Å².